The number of halogens is 4. The Morgan fingerprint density at radius 1 is 1.25 bits per heavy atom. The van der Waals surface area contributed by atoms with E-state index in [9.17, 15) is 17.2 Å². The first-order chi connectivity index (χ1) is 7.31. The van der Waals surface area contributed by atoms with Crippen molar-refractivity contribution in [2.24, 2.45) is 0 Å². The van der Waals surface area contributed by atoms with E-state index in [-0.39, 0.29) is 11.6 Å². The molecule has 0 saturated carbocycles. The van der Waals surface area contributed by atoms with Crippen LogP contribution in [0.2, 0.25) is 5.02 Å². The Hall–Kier alpha value is -0.590. The molecule has 0 aliphatic rings. The van der Waals surface area contributed by atoms with Gasteiger partial charge < -0.3 is 4.74 Å². The Balaban J connectivity index is 2.72. The zero-order valence-corrected chi connectivity index (χ0v) is 10.0. The Morgan fingerprint density at radius 2 is 1.88 bits per heavy atom. The third kappa shape index (κ3) is 3.77. The summed E-state index contributed by atoms with van der Waals surface area (Å²) in [4.78, 5) is 0. The maximum Gasteiger partial charge on any atom is 0.235 e. The summed E-state index contributed by atoms with van der Waals surface area (Å²) in [6.07, 6.45) is 0. The van der Waals surface area contributed by atoms with Crippen LogP contribution in [0.5, 0.6) is 5.75 Å². The van der Waals surface area contributed by atoms with E-state index in [4.69, 9.17) is 27.0 Å². The summed E-state index contributed by atoms with van der Waals surface area (Å²) in [5, 5.41) is -0.380. The molecule has 0 heterocycles. The molecule has 0 saturated heterocycles. The van der Waals surface area contributed by atoms with Gasteiger partial charge in [0.05, 0.1) is 10.8 Å². The van der Waals surface area contributed by atoms with Gasteiger partial charge in [0.15, 0.2) is 11.6 Å². The van der Waals surface area contributed by atoms with Crippen LogP contribution in [0.15, 0.2) is 12.1 Å². The average molecular weight is 291 g/mol. The topological polar surface area (TPSA) is 43.4 Å². The minimum Gasteiger partial charge on any atom is -0.489 e. The Bertz CT molecular complexity index is 490. The SMILES string of the molecule is O=S(=O)(Cl)CCOc1ccc(Cl)c(F)c1F. The largest absolute Gasteiger partial charge is 0.489 e. The molecule has 0 aliphatic heterocycles. The molecule has 0 radical (unpaired) electrons. The highest BCUT2D eigenvalue weighted by atomic mass is 35.7. The van der Waals surface area contributed by atoms with E-state index in [1.54, 1.807) is 0 Å². The van der Waals surface area contributed by atoms with Crippen LogP contribution < -0.4 is 4.74 Å². The van der Waals surface area contributed by atoms with Crippen molar-refractivity contribution in [1.29, 1.82) is 0 Å². The molecule has 0 atom stereocenters. The van der Waals surface area contributed by atoms with Gasteiger partial charge in [0.2, 0.25) is 14.9 Å². The molecular weight excluding hydrogens is 285 g/mol. The predicted molar refractivity (Wildman–Crippen MR) is 56.5 cm³/mol. The van der Waals surface area contributed by atoms with Crippen LogP contribution in [0.25, 0.3) is 0 Å². The lowest BCUT2D eigenvalue weighted by Gasteiger charge is -2.06. The molecule has 0 bridgehead atoms. The summed E-state index contributed by atoms with van der Waals surface area (Å²) in [5.74, 6) is -3.42. The van der Waals surface area contributed by atoms with Crippen molar-refractivity contribution in [2.75, 3.05) is 12.4 Å². The van der Waals surface area contributed by atoms with E-state index in [1.807, 2.05) is 0 Å². The summed E-state index contributed by atoms with van der Waals surface area (Å²) in [6.45, 7) is -0.371. The van der Waals surface area contributed by atoms with E-state index in [1.165, 1.54) is 0 Å². The predicted octanol–water partition coefficient (Wildman–Crippen LogP) is 2.57. The summed E-state index contributed by atoms with van der Waals surface area (Å²) < 4.78 is 51.8. The van der Waals surface area contributed by atoms with Gasteiger partial charge in [0.1, 0.15) is 6.61 Å². The van der Waals surface area contributed by atoms with Gasteiger partial charge in [-0.1, -0.05) is 11.6 Å². The normalized spacial score (nSPS) is 11.5. The highest BCUT2D eigenvalue weighted by Crippen LogP contribution is 2.25. The summed E-state index contributed by atoms with van der Waals surface area (Å²) in [6, 6.07) is 2.20. The summed E-state index contributed by atoms with van der Waals surface area (Å²) >= 11 is 5.31. The standard InChI is InChI=1S/C8H6Cl2F2O3S/c9-5-1-2-6(8(12)7(5)11)15-3-4-16(10,13)14/h1-2H,3-4H2. The third-order valence-electron chi connectivity index (χ3n) is 1.58. The second kappa shape index (κ2) is 5.16. The van der Waals surface area contributed by atoms with Gasteiger partial charge in [-0.15, -0.1) is 0 Å². The van der Waals surface area contributed by atoms with Crippen LogP contribution in [-0.2, 0) is 9.05 Å². The molecule has 1 aromatic rings. The van der Waals surface area contributed by atoms with Crippen molar-refractivity contribution in [1.82, 2.24) is 0 Å². The lowest BCUT2D eigenvalue weighted by molar-refractivity contribution is 0.315. The Morgan fingerprint density at radius 3 is 2.44 bits per heavy atom. The van der Waals surface area contributed by atoms with Crippen LogP contribution in [-0.4, -0.2) is 20.8 Å². The number of hydrogen-bond donors (Lipinski definition) is 0. The lowest BCUT2D eigenvalue weighted by atomic mass is 10.3. The van der Waals surface area contributed by atoms with Gasteiger partial charge in [0, 0.05) is 10.7 Å². The number of benzene rings is 1. The molecule has 0 fully saturated rings. The zero-order valence-electron chi connectivity index (χ0n) is 7.71. The van der Waals surface area contributed by atoms with Gasteiger partial charge in [-0.05, 0) is 12.1 Å². The van der Waals surface area contributed by atoms with Crippen molar-refractivity contribution in [3.8, 4) is 5.75 Å². The van der Waals surface area contributed by atoms with Gasteiger partial charge in [0.25, 0.3) is 0 Å². The fraction of sp³-hybridized carbons (Fsp3) is 0.250. The fourth-order valence-corrected chi connectivity index (χ4v) is 1.49. The fourth-order valence-electron chi connectivity index (χ4n) is 0.871. The average Bonchev–Trinajstić information content (AvgIpc) is 2.16. The van der Waals surface area contributed by atoms with Crippen LogP contribution >= 0.6 is 22.3 Å². The molecule has 16 heavy (non-hydrogen) atoms. The summed E-state index contributed by atoms with van der Waals surface area (Å²) in [7, 11) is 1.18. The second-order valence-electron chi connectivity index (χ2n) is 2.76. The first-order valence-corrected chi connectivity index (χ1v) is 6.85. The highest BCUT2D eigenvalue weighted by molar-refractivity contribution is 8.13. The van der Waals surface area contributed by atoms with E-state index in [0.717, 1.165) is 12.1 Å². The minimum atomic E-state index is -3.72. The first kappa shape index (κ1) is 13.5. The van der Waals surface area contributed by atoms with Crippen LogP contribution in [0.4, 0.5) is 8.78 Å². The Kier molecular flexibility index (Phi) is 4.35. The van der Waals surface area contributed by atoms with Crippen molar-refractivity contribution in [3.63, 3.8) is 0 Å². The molecule has 1 rings (SSSR count). The number of rotatable bonds is 4. The molecule has 0 aromatic heterocycles. The number of ether oxygens (including phenoxy) is 1. The third-order valence-corrected chi connectivity index (χ3v) is 2.99. The van der Waals surface area contributed by atoms with Crippen LogP contribution in [0.3, 0.4) is 0 Å². The van der Waals surface area contributed by atoms with E-state index < -0.39 is 32.2 Å². The first-order valence-electron chi connectivity index (χ1n) is 4.00. The lowest BCUT2D eigenvalue weighted by Crippen LogP contribution is -2.10. The molecule has 8 heteroatoms. The highest BCUT2D eigenvalue weighted by Gasteiger charge is 2.14. The molecule has 0 unspecified atom stereocenters. The maximum atomic E-state index is 13.1. The minimum absolute atomic E-state index is 0.371. The Labute approximate surface area is 100 Å². The quantitative estimate of drug-likeness (QED) is 0.632. The molecule has 0 N–H and O–H groups in total. The molecule has 1 aromatic carbocycles. The zero-order chi connectivity index (χ0) is 12.3. The molecule has 0 aliphatic carbocycles. The van der Waals surface area contributed by atoms with E-state index >= 15 is 0 Å². The summed E-state index contributed by atoms with van der Waals surface area (Å²) in [5.41, 5.74) is 0. The van der Waals surface area contributed by atoms with Crippen molar-refractivity contribution >= 4 is 31.3 Å². The maximum absolute atomic E-state index is 13.1. The van der Waals surface area contributed by atoms with Crippen molar-refractivity contribution < 1.29 is 21.9 Å². The van der Waals surface area contributed by atoms with Crippen molar-refractivity contribution in [2.45, 2.75) is 0 Å². The molecule has 90 valence electrons. The smallest absolute Gasteiger partial charge is 0.235 e. The van der Waals surface area contributed by atoms with Crippen molar-refractivity contribution in [3.05, 3.63) is 28.8 Å². The van der Waals surface area contributed by atoms with Gasteiger partial charge in [-0.25, -0.2) is 12.8 Å². The number of hydrogen-bond acceptors (Lipinski definition) is 3. The molecule has 0 spiro atoms. The van der Waals surface area contributed by atoms with Crippen LogP contribution in [0, 0.1) is 11.6 Å². The van der Waals surface area contributed by atoms with Gasteiger partial charge in [-0.3, -0.25) is 0 Å². The monoisotopic (exact) mass is 290 g/mol. The molecular formula is C8H6Cl2F2O3S. The van der Waals surface area contributed by atoms with Gasteiger partial charge in [-0.2, -0.15) is 4.39 Å². The van der Waals surface area contributed by atoms with Crippen LogP contribution in [0.1, 0.15) is 0 Å². The molecule has 0 amide bonds. The van der Waals surface area contributed by atoms with E-state index in [2.05, 4.69) is 0 Å². The second-order valence-corrected chi connectivity index (χ2v) is 6.07. The van der Waals surface area contributed by atoms with Gasteiger partial charge >= 0.3 is 0 Å². The molecule has 3 nitrogen and oxygen atoms in total. The van der Waals surface area contributed by atoms with E-state index in [0.29, 0.717) is 0 Å².